The molecule has 0 saturated carbocycles. The van der Waals surface area contributed by atoms with Gasteiger partial charge >= 0.3 is 0 Å². The Balaban J connectivity index is 1.41. The van der Waals surface area contributed by atoms with Crippen molar-refractivity contribution in [3.8, 4) is 34.5 Å². The molecule has 0 bridgehead atoms. The Morgan fingerprint density at radius 2 is 1.75 bits per heavy atom. The number of nitrogens with one attached hydrogen (secondary N) is 1. The van der Waals surface area contributed by atoms with Crippen molar-refractivity contribution >= 4 is 11.6 Å². The second kappa shape index (κ2) is 10.7. The number of likely N-dealkylation sites (tertiary alicyclic amines) is 1. The van der Waals surface area contributed by atoms with E-state index in [-0.39, 0.29) is 0 Å². The highest BCUT2D eigenvalue weighted by Crippen LogP contribution is 2.33. The van der Waals surface area contributed by atoms with Crippen molar-refractivity contribution in [1.82, 2.24) is 14.9 Å². The maximum Gasteiger partial charge on any atom is 0.139 e. The minimum atomic E-state index is 0.465. The molecule has 32 heavy (non-hydrogen) atoms. The molecule has 0 unspecified atom stereocenters. The van der Waals surface area contributed by atoms with Crippen molar-refractivity contribution in [3.63, 3.8) is 0 Å². The monoisotopic (exact) mass is 427 g/mol. The smallest absolute Gasteiger partial charge is 0.139 e. The molecule has 1 aromatic heterocycles. The number of nitrogen functional groups attached to an aromatic ring is 1. The van der Waals surface area contributed by atoms with Crippen LogP contribution in [0.15, 0.2) is 60.9 Å². The van der Waals surface area contributed by atoms with Crippen LogP contribution < -0.4 is 15.8 Å². The second-order valence-corrected chi connectivity index (χ2v) is 7.95. The van der Waals surface area contributed by atoms with E-state index in [0.717, 1.165) is 67.5 Å². The first-order valence-electron chi connectivity index (χ1n) is 11.0. The van der Waals surface area contributed by atoms with E-state index in [2.05, 4.69) is 32.0 Å². The number of hydrogen-bond donors (Lipinski definition) is 2. The fourth-order valence-electron chi connectivity index (χ4n) is 3.91. The van der Waals surface area contributed by atoms with E-state index in [1.54, 1.807) is 0 Å². The first-order valence-corrected chi connectivity index (χ1v) is 11.0. The number of anilines is 2. The minimum Gasteiger partial charge on any atom is -0.457 e. The molecule has 0 aliphatic carbocycles. The quantitative estimate of drug-likeness (QED) is 0.534. The summed E-state index contributed by atoms with van der Waals surface area (Å²) >= 11 is 0. The molecular formula is C26H29N5O. The predicted octanol–water partition coefficient (Wildman–Crippen LogP) is 4.67. The molecule has 164 valence electrons. The number of hydrogen-bond acceptors (Lipinski definition) is 6. The van der Waals surface area contributed by atoms with Gasteiger partial charge in [0.15, 0.2) is 0 Å². The summed E-state index contributed by atoms with van der Waals surface area (Å²) < 4.78 is 5.90. The van der Waals surface area contributed by atoms with Gasteiger partial charge in [-0.1, -0.05) is 36.3 Å². The van der Waals surface area contributed by atoms with Gasteiger partial charge in [-0.15, -0.1) is 5.92 Å². The summed E-state index contributed by atoms with van der Waals surface area (Å²) in [6, 6.07) is 17.6. The van der Waals surface area contributed by atoms with Gasteiger partial charge in [-0.3, -0.25) is 4.90 Å². The first kappa shape index (κ1) is 21.7. The summed E-state index contributed by atoms with van der Waals surface area (Å²) in [5.41, 5.74) is 8.03. The van der Waals surface area contributed by atoms with E-state index in [1.165, 1.54) is 6.33 Å². The van der Waals surface area contributed by atoms with Crippen LogP contribution in [0.2, 0.25) is 0 Å². The van der Waals surface area contributed by atoms with E-state index in [4.69, 9.17) is 10.5 Å². The zero-order valence-electron chi connectivity index (χ0n) is 18.4. The van der Waals surface area contributed by atoms with Crippen molar-refractivity contribution in [1.29, 1.82) is 0 Å². The van der Waals surface area contributed by atoms with E-state index < -0.39 is 0 Å². The SMILES string of the molecule is CC#CCN1CCC(CNc2ncnc(N)c2-c2ccc(Oc3ccccc3)cc2)CC1. The third kappa shape index (κ3) is 5.57. The summed E-state index contributed by atoms with van der Waals surface area (Å²) in [6.45, 7) is 5.80. The average Bonchev–Trinajstić information content (AvgIpc) is 2.83. The maximum absolute atomic E-state index is 6.25. The second-order valence-electron chi connectivity index (χ2n) is 7.95. The van der Waals surface area contributed by atoms with Crippen LogP contribution >= 0.6 is 0 Å². The van der Waals surface area contributed by atoms with Crippen LogP contribution in [0, 0.1) is 17.8 Å². The Kier molecular flexibility index (Phi) is 7.21. The van der Waals surface area contributed by atoms with Crippen LogP contribution in [0.5, 0.6) is 11.5 Å². The van der Waals surface area contributed by atoms with Crippen molar-refractivity contribution in [3.05, 3.63) is 60.9 Å². The normalized spacial score (nSPS) is 14.4. The molecular weight excluding hydrogens is 398 g/mol. The van der Waals surface area contributed by atoms with Crippen LogP contribution in [-0.2, 0) is 0 Å². The predicted molar refractivity (Wildman–Crippen MR) is 130 cm³/mol. The largest absolute Gasteiger partial charge is 0.457 e. The molecule has 0 atom stereocenters. The summed E-state index contributed by atoms with van der Waals surface area (Å²) in [6.07, 6.45) is 3.82. The van der Waals surface area contributed by atoms with Gasteiger partial charge in [0.05, 0.1) is 12.1 Å². The summed E-state index contributed by atoms with van der Waals surface area (Å²) in [7, 11) is 0. The van der Waals surface area contributed by atoms with Gasteiger partial charge in [0.1, 0.15) is 29.5 Å². The molecule has 2 aromatic carbocycles. The molecule has 1 fully saturated rings. The lowest BCUT2D eigenvalue weighted by molar-refractivity contribution is 0.209. The van der Waals surface area contributed by atoms with Crippen LogP contribution in [0.4, 0.5) is 11.6 Å². The third-order valence-corrected chi connectivity index (χ3v) is 5.74. The molecule has 2 heterocycles. The number of aromatic nitrogens is 2. The van der Waals surface area contributed by atoms with E-state index in [1.807, 2.05) is 61.5 Å². The van der Waals surface area contributed by atoms with Crippen LogP contribution in [-0.4, -0.2) is 41.0 Å². The molecule has 3 N–H and O–H groups in total. The van der Waals surface area contributed by atoms with Crippen molar-refractivity contribution in [2.45, 2.75) is 19.8 Å². The van der Waals surface area contributed by atoms with Crippen LogP contribution in [0.25, 0.3) is 11.1 Å². The average molecular weight is 428 g/mol. The summed E-state index contributed by atoms with van der Waals surface area (Å²) in [5.74, 6) is 9.55. The Labute approximate surface area is 189 Å². The van der Waals surface area contributed by atoms with Crippen molar-refractivity contribution in [2.75, 3.05) is 37.2 Å². The van der Waals surface area contributed by atoms with Crippen molar-refractivity contribution < 1.29 is 4.74 Å². The topological polar surface area (TPSA) is 76.3 Å². The molecule has 1 saturated heterocycles. The van der Waals surface area contributed by atoms with Crippen LogP contribution in [0.3, 0.4) is 0 Å². The van der Waals surface area contributed by atoms with Crippen LogP contribution in [0.1, 0.15) is 19.8 Å². The minimum absolute atomic E-state index is 0.465. The summed E-state index contributed by atoms with van der Waals surface area (Å²) in [5, 5.41) is 3.53. The van der Waals surface area contributed by atoms with Gasteiger partial charge in [-0.05, 0) is 68.6 Å². The Morgan fingerprint density at radius 1 is 1.03 bits per heavy atom. The van der Waals surface area contributed by atoms with Crippen molar-refractivity contribution in [2.24, 2.45) is 5.92 Å². The maximum atomic E-state index is 6.25. The zero-order valence-corrected chi connectivity index (χ0v) is 18.4. The van der Waals surface area contributed by atoms with E-state index >= 15 is 0 Å². The number of rotatable bonds is 7. The number of nitrogens with zero attached hydrogens (tertiary/aromatic N) is 3. The standard InChI is InChI=1S/C26H29N5O/c1-2-3-15-31-16-13-20(14-17-31)18-28-26-24(25(27)29-19-30-26)21-9-11-23(12-10-21)32-22-7-5-4-6-8-22/h4-12,19-20H,13-18H2,1H3,(H3,27,28,29,30). The molecule has 0 radical (unpaired) electrons. The number of piperidine rings is 1. The Bertz CT molecular complexity index is 1060. The fraction of sp³-hybridized carbons (Fsp3) is 0.308. The Morgan fingerprint density at radius 3 is 2.47 bits per heavy atom. The number of ether oxygens (including phenoxy) is 1. The summed E-state index contributed by atoms with van der Waals surface area (Å²) in [4.78, 5) is 11.1. The van der Waals surface area contributed by atoms with Gasteiger partial charge in [-0.2, -0.15) is 0 Å². The van der Waals surface area contributed by atoms with E-state index in [0.29, 0.717) is 11.7 Å². The molecule has 4 rings (SSSR count). The van der Waals surface area contributed by atoms with Gasteiger partial charge in [0, 0.05) is 6.54 Å². The Hall–Kier alpha value is -3.56. The highest BCUT2D eigenvalue weighted by atomic mass is 16.5. The molecule has 6 nitrogen and oxygen atoms in total. The lowest BCUT2D eigenvalue weighted by Gasteiger charge is -2.30. The third-order valence-electron chi connectivity index (χ3n) is 5.74. The number of nitrogens with two attached hydrogens (primary N) is 1. The highest BCUT2D eigenvalue weighted by molar-refractivity contribution is 5.83. The number of benzene rings is 2. The lowest BCUT2D eigenvalue weighted by atomic mass is 9.96. The molecule has 3 aromatic rings. The molecule has 1 aliphatic heterocycles. The highest BCUT2D eigenvalue weighted by Gasteiger charge is 2.19. The molecule has 0 amide bonds. The number of para-hydroxylation sites is 1. The molecule has 1 aliphatic rings. The first-order chi connectivity index (χ1) is 15.7. The van der Waals surface area contributed by atoms with Gasteiger partial charge < -0.3 is 15.8 Å². The van der Waals surface area contributed by atoms with Gasteiger partial charge in [0.2, 0.25) is 0 Å². The van der Waals surface area contributed by atoms with Gasteiger partial charge in [-0.25, -0.2) is 9.97 Å². The zero-order chi connectivity index (χ0) is 22.2. The van der Waals surface area contributed by atoms with E-state index in [9.17, 15) is 0 Å². The lowest BCUT2D eigenvalue weighted by Crippen LogP contribution is -2.36. The molecule has 0 spiro atoms. The van der Waals surface area contributed by atoms with Gasteiger partial charge in [0.25, 0.3) is 0 Å². The molecule has 6 heteroatoms. The fourth-order valence-corrected chi connectivity index (χ4v) is 3.91.